The molecule has 1 aromatic heterocycles. The lowest BCUT2D eigenvalue weighted by molar-refractivity contribution is 0.252. The predicted octanol–water partition coefficient (Wildman–Crippen LogP) is 2.63. The zero-order valence-corrected chi connectivity index (χ0v) is 10.7. The van der Waals surface area contributed by atoms with Gasteiger partial charge in [0.15, 0.2) is 5.82 Å². The summed E-state index contributed by atoms with van der Waals surface area (Å²) in [4.78, 5) is 4.43. The summed E-state index contributed by atoms with van der Waals surface area (Å²) in [5, 5.41) is 4.04. The molecule has 0 aromatic carbocycles. The third-order valence-corrected chi connectivity index (χ3v) is 3.48. The van der Waals surface area contributed by atoms with E-state index in [2.05, 4.69) is 44.8 Å². The minimum atomic E-state index is -0.199. The van der Waals surface area contributed by atoms with Crippen LogP contribution in [-0.4, -0.2) is 10.1 Å². The highest BCUT2D eigenvalue weighted by Gasteiger charge is 2.49. The molecule has 0 saturated heterocycles. The van der Waals surface area contributed by atoms with E-state index in [9.17, 15) is 0 Å². The van der Waals surface area contributed by atoms with Gasteiger partial charge in [0.2, 0.25) is 5.89 Å². The fourth-order valence-electron chi connectivity index (χ4n) is 1.79. The number of nitrogens with zero attached hydrogens (tertiary/aromatic N) is 2. The van der Waals surface area contributed by atoms with Gasteiger partial charge < -0.3 is 10.3 Å². The normalized spacial score (nSPS) is 25.5. The standard InChI is InChI=1S/C12H21N3O/c1-11(2,3)8(13)10-14-9(15-16-10)7-6-12(7,4)5/h7-8H,6,13H2,1-5H3. The zero-order valence-electron chi connectivity index (χ0n) is 10.7. The molecule has 4 heteroatoms. The maximum Gasteiger partial charge on any atom is 0.244 e. The Hall–Kier alpha value is -0.900. The Kier molecular flexibility index (Phi) is 2.38. The molecule has 90 valence electrons. The van der Waals surface area contributed by atoms with Crippen LogP contribution in [-0.2, 0) is 0 Å². The molecule has 16 heavy (non-hydrogen) atoms. The summed E-state index contributed by atoms with van der Waals surface area (Å²) in [6.45, 7) is 10.7. The Labute approximate surface area is 96.6 Å². The van der Waals surface area contributed by atoms with Crippen LogP contribution in [0.15, 0.2) is 4.52 Å². The highest BCUT2D eigenvalue weighted by atomic mass is 16.5. The smallest absolute Gasteiger partial charge is 0.244 e. The van der Waals surface area contributed by atoms with Crippen molar-refractivity contribution in [3.63, 3.8) is 0 Å². The SMILES string of the molecule is CC(C)(C)C(N)c1nc(C2CC2(C)C)no1. The van der Waals surface area contributed by atoms with Gasteiger partial charge in [0.25, 0.3) is 0 Å². The first kappa shape index (κ1) is 11.6. The number of aromatic nitrogens is 2. The maximum atomic E-state index is 6.08. The van der Waals surface area contributed by atoms with Crippen LogP contribution in [0.25, 0.3) is 0 Å². The van der Waals surface area contributed by atoms with Crippen LogP contribution in [0.4, 0.5) is 0 Å². The molecule has 0 bridgehead atoms. The first-order valence-electron chi connectivity index (χ1n) is 5.81. The van der Waals surface area contributed by atoms with E-state index in [1.807, 2.05) is 0 Å². The molecular formula is C12H21N3O. The van der Waals surface area contributed by atoms with E-state index in [-0.39, 0.29) is 11.5 Å². The Morgan fingerprint density at radius 2 is 2.00 bits per heavy atom. The molecule has 1 heterocycles. The Balaban J connectivity index is 2.15. The van der Waals surface area contributed by atoms with Crippen molar-refractivity contribution < 1.29 is 4.52 Å². The lowest BCUT2D eigenvalue weighted by Gasteiger charge is -2.23. The summed E-state index contributed by atoms with van der Waals surface area (Å²) in [6.07, 6.45) is 1.14. The second-order valence-electron chi connectivity index (χ2n) is 6.58. The minimum absolute atomic E-state index is 0.0527. The van der Waals surface area contributed by atoms with Gasteiger partial charge in [-0.15, -0.1) is 0 Å². The first-order valence-corrected chi connectivity index (χ1v) is 5.81. The lowest BCUT2D eigenvalue weighted by atomic mass is 9.87. The van der Waals surface area contributed by atoms with E-state index < -0.39 is 0 Å². The molecule has 0 amide bonds. The van der Waals surface area contributed by atoms with Crippen molar-refractivity contribution in [1.82, 2.24) is 10.1 Å². The molecule has 0 spiro atoms. The van der Waals surface area contributed by atoms with Gasteiger partial charge in [-0.05, 0) is 17.3 Å². The highest BCUT2D eigenvalue weighted by molar-refractivity contribution is 5.15. The summed E-state index contributed by atoms with van der Waals surface area (Å²) in [7, 11) is 0. The number of nitrogens with two attached hydrogens (primary N) is 1. The summed E-state index contributed by atoms with van der Waals surface area (Å²) in [5.41, 5.74) is 6.35. The number of rotatable bonds is 2. The van der Waals surface area contributed by atoms with Crippen molar-refractivity contribution in [3.8, 4) is 0 Å². The summed E-state index contributed by atoms with van der Waals surface area (Å²) in [6, 6.07) is -0.199. The molecule has 1 aliphatic carbocycles. The van der Waals surface area contributed by atoms with Gasteiger partial charge in [0.1, 0.15) is 0 Å². The fourth-order valence-corrected chi connectivity index (χ4v) is 1.79. The second-order valence-corrected chi connectivity index (χ2v) is 6.58. The van der Waals surface area contributed by atoms with Gasteiger partial charge in [-0.3, -0.25) is 0 Å². The molecule has 2 rings (SSSR count). The summed E-state index contributed by atoms with van der Waals surface area (Å²) in [5.74, 6) is 1.82. The molecule has 0 radical (unpaired) electrons. The maximum absolute atomic E-state index is 6.08. The van der Waals surface area contributed by atoms with Crippen molar-refractivity contribution in [1.29, 1.82) is 0 Å². The topological polar surface area (TPSA) is 64.9 Å². The van der Waals surface area contributed by atoms with Crippen LogP contribution in [0, 0.1) is 10.8 Å². The molecule has 1 fully saturated rings. The van der Waals surface area contributed by atoms with E-state index in [1.54, 1.807) is 0 Å². The molecule has 1 aliphatic rings. The fraction of sp³-hybridized carbons (Fsp3) is 0.833. The average molecular weight is 223 g/mol. The van der Waals surface area contributed by atoms with Crippen molar-refractivity contribution >= 4 is 0 Å². The Morgan fingerprint density at radius 3 is 2.44 bits per heavy atom. The van der Waals surface area contributed by atoms with Crippen LogP contribution < -0.4 is 5.73 Å². The van der Waals surface area contributed by atoms with Crippen LogP contribution in [0.1, 0.15) is 64.7 Å². The quantitative estimate of drug-likeness (QED) is 0.837. The minimum Gasteiger partial charge on any atom is -0.338 e. The van der Waals surface area contributed by atoms with Gasteiger partial charge >= 0.3 is 0 Å². The van der Waals surface area contributed by atoms with Gasteiger partial charge in [-0.25, -0.2) is 0 Å². The largest absolute Gasteiger partial charge is 0.338 e. The van der Waals surface area contributed by atoms with E-state index in [1.165, 1.54) is 0 Å². The third kappa shape index (κ3) is 1.98. The first-order chi connectivity index (χ1) is 7.22. The molecule has 1 aromatic rings. The van der Waals surface area contributed by atoms with Gasteiger partial charge in [0.05, 0.1) is 6.04 Å². The summed E-state index contributed by atoms with van der Waals surface area (Å²) < 4.78 is 5.26. The molecule has 2 atom stereocenters. The Bertz CT molecular complexity index is 389. The van der Waals surface area contributed by atoms with Crippen LogP contribution in [0.5, 0.6) is 0 Å². The molecule has 0 aliphatic heterocycles. The molecule has 2 N–H and O–H groups in total. The van der Waals surface area contributed by atoms with Crippen molar-refractivity contribution in [2.45, 2.75) is 53.0 Å². The van der Waals surface area contributed by atoms with Gasteiger partial charge in [0, 0.05) is 5.92 Å². The van der Waals surface area contributed by atoms with Crippen molar-refractivity contribution in [2.24, 2.45) is 16.6 Å². The number of hydrogen-bond donors (Lipinski definition) is 1. The van der Waals surface area contributed by atoms with Crippen LogP contribution in [0.3, 0.4) is 0 Å². The predicted molar refractivity (Wildman–Crippen MR) is 61.8 cm³/mol. The molecule has 4 nitrogen and oxygen atoms in total. The monoisotopic (exact) mass is 223 g/mol. The zero-order chi connectivity index (χ0) is 12.1. The summed E-state index contributed by atoms with van der Waals surface area (Å²) >= 11 is 0. The van der Waals surface area contributed by atoms with Crippen molar-refractivity contribution in [2.75, 3.05) is 0 Å². The highest BCUT2D eigenvalue weighted by Crippen LogP contribution is 2.57. The van der Waals surface area contributed by atoms with E-state index in [4.69, 9.17) is 10.3 Å². The molecule has 1 saturated carbocycles. The Morgan fingerprint density at radius 1 is 1.44 bits per heavy atom. The van der Waals surface area contributed by atoms with Crippen LogP contribution in [0.2, 0.25) is 0 Å². The van der Waals surface area contributed by atoms with Crippen LogP contribution >= 0.6 is 0 Å². The van der Waals surface area contributed by atoms with E-state index in [0.29, 0.717) is 17.2 Å². The van der Waals surface area contributed by atoms with E-state index in [0.717, 1.165) is 12.2 Å². The number of hydrogen-bond acceptors (Lipinski definition) is 4. The van der Waals surface area contributed by atoms with Crippen molar-refractivity contribution in [3.05, 3.63) is 11.7 Å². The van der Waals surface area contributed by atoms with E-state index >= 15 is 0 Å². The third-order valence-electron chi connectivity index (χ3n) is 3.48. The second kappa shape index (κ2) is 3.29. The lowest BCUT2D eigenvalue weighted by Crippen LogP contribution is -2.26. The molecular weight excluding hydrogens is 202 g/mol. The average Bonchev–Trinajstić information content (AvgIpc) is 2.63. The van der Waals surface area contributed by atoms with Gasteiger partial charge in [-0.1, -0.05) is 39.8 Å². The van der Waals surface area contributed by atoms with Gasteiger partial charge in [-0.2, -0.15) is 4.98 Å². The molecule has 2 unspecified atom stereocenters.